The van der Waals surface area contributed by atoms with Crippen LogP contribution < -0.4 is 5.32 Å². The quantitative estimate of drug-likeness (QED) is 0.430. The molecule has 0 saturated carbocycles. The monoisotopic (exact) mass is 460 g/mol. The van der Waals surface area contributed by atoms with Gasteiger partial charge in [0.1, 0.15) is 10.7 Å². The van der Waals surface area contributed by atoms with Crippen LogP contribution in [0, 0.1) is 10.5 Å². The lowest BCUT2D eigenvalue weighted by molar-refractivity contribution is 0.102. The maximum absolute atomic E-state index is 12.2. The molecule has 0 radical (unpaired) electrons. The van der Waals surface area contributed by atoms with Gasteiger partial charge in [0.2, 0.25) is 0 Å². The molecule has 1 amide bonds. The Labute approximate surface area is 161 Å². The number of halogens is 1. The third kappa shape index (κ3) is 3.29. The Bertz CT molecular complexity index is 1070. The van der Waals surface area contributed by atoms with Gasteiger partial charge in [-0.2, -0.15) is 5.10 Å². The Morgan fingerprint density at radius 1 is 1.20 bits per heavy atom. The molecule has 2 aromatic heterocycles. The van der Waals surface area contributed by atoms with E-state index in [0.29, 0.717) is 5.69 Å². The molecule has 0 atom stereocenters. The Hall–Kier alpha value is -2.26. The van der Waals surface area contributed by atoms with E-state index in [4.69, 9.17) is 0 Å². The van der Waals surface area contributed by atoms with Gasteiger partial charge in [-0.05, 0) is 71.5 Å². The predicted octanol–water partition coefficient (Wildman–Crippen LogP) is 4.85. The minimum Gasteiger partial charge on any atom is -0.321 e. The van der Waals surface area contributed by atoms with Gasteiger partial charge in [0.05, 0.1) is 20.0 Å². The first-order valence-electron chi connectivity index (χ1n) is 7.58. The van der Waals surface area contributed by atoms with E-state index in [9.17, 15) is 4.79 Å². The van der Waals surface area contributed by atoms with Gasteiger partial charge in [-0.3, -0.25) is 9.89 Å². The number of nitrogens with zero attached hydrogens (tertiary/aromatic N) is 2. The van der Waals surface area contributed by atoms with E-state index in [0.717, 1.165) is 25.3 Å². The molecule has 124 valence electrons. The van der Waals surface area contributed by atoms with Gasteiger partial charge in [0.15, 0.2) is 0 Å². The fourth-order valence-electron chi connectivity index (χ4n) is 2.48. The average molecular weight is 460 g/mol. The molecule has 0 aliphatic heterocycles. The largest absolute Gasteiger partial charge is 0.321 e. The zero-order valence-corrected chi connectivity index (χ0v) is 16.2. The standard InChI is InChI=1S/C18H13IN4OS/c1-10-2-7-14-15(8-10)25-18(22-14)11-3-5-12(6-4-11)21-17(24)16-13(19)9-20-23-16/h2-9H,1H3,(H,20,23)(H,21,24). The van der Waals surface area contributed by atoms with E-state index in [2.05, 4.69) is 62.1 Å². The molecule has 5 nitrogen and oxygen atoms in total. The van der Waals surface area contributed by atoms with Crippen LogP contribution in [-0.4, -0.2) is 21.1 Å². The Kier molecular flexibility index (Phi) is 4.26. The molecule has 0 saturated heterocycles. The van der Waals surface area contributed by atoms with Gasteiger partial charge in [0.25, 0.3) is 5.91 Å². The van der Waals surface area contributed by atoms with Crippen molar-refractivity contribution in [3.8, 4) is 10.6 Å². The molecule has 0 aliphatic rings. The number of aromatic nitrogens is 3. The van der Waals surface area contributed by atoms with Crippen LogP contribution in [-0.2, 0) is 0 Å². The van der Waals surface area contributed by atoms with Crippen molar-refractivity contribution in [1.29, 1.82) is 0 Å². The van der Waals surface area contributed by atoms with Gasteiger partial charge < -0.3 is 5.32 Å². The van der Waals surface area contributed by atoms with Crippen molar-refractivity contribution >= 4 is 55.7 Å². The van der Waals surface area contributed by atoms with Crippen LogP contribution in [0.25, 0.3) is 20.8 Å². The number of fused-ring (bicyclic) bond motifs is 1. The summed E-state index contributed by atoms with van der Waals surface area (Å²) >= 11 is 3.75. The van der Waals surface area contributed by atoms with Crippen molar-refractivity contribution in [1.82, 2.24) is 15.2 Å². The lowest BCUT2D eigenvalue weighted by Crippen LogP contribution is -2.13. The van der Waals surface area contributed by atoms with E-state index < -0.39 is 0 Å². The van der Waals surface area contributed by atoms with E-state index in [1.54, 1.807) is 17.5 Å². The van der Waals surface area contributed by atoms with Crippen molar-refractivity contribution in [3.05, 3.63) is 63.5 Å². The molecule has 2 heterocycles. The number of H-pyrrole nitrogens is 1. The molecule has 7 heteroatoms. The van der Waals surface area contributed by atoms with Crippen molar-refractivity contribution in [2.24, 2.45) is 0 Å². The topological polar surface area (TPSA) is 70.7 Å². The highest BCUT2D eigenvalue weighted by molar-refractivity contribution is 14.1. The third-order valence-electron chi connectivity index (χ3n) is 3.75. The number of anilines is 1. The number of aryl methyl sites for hydroxylation is 1. The Balaban J connectivity index is 1.57. The molecule has 0 unspecified atom stereocenters. The highest BCUT2D eigenvalue weighted by atomic mass is 127. The van der Waals surface area contributed by atoms with Gasteiger partial charge >= 0.3 is 0 Å². The predicted molar refractivity (Wildman–Crippen MR) is 109 cm³/mol. The number of nitrogens with one attached hydrogen (secondary N) is 2. The zero-order chi connectivity index (χ0) is 17.4. The molecule has 0 aliphatic carbocycles. The second-order valence-electron chi connectivity index (χ2n) is 5.61. The molecule has 2 N–H and O–H groups in total. The molecule has 0 bridgehead atoms. The number of hydrogen-bond donors (Lipinski definition) is 2. The van der Waals surface area contributed by atoms with Crippen LogP contribution in [0.15, 0.2) is 48.7 Å². The van der Waals surface area contributed by atoms with Crippen LogP contribution in [0.4, 0.5) is 5.69 Å². The summed E-state index contributed by atoms with van der Waals surface area (Å²) in [6.45, 7) is 2.08. The normalized spacial score (nSPS) is 11.0. The number of carbonyl (C=O) groups is 1. The van der Waals surface area contributed by atoms with Gasteiger partial charge in [0, 0.05) is 11.3 Å². The van der Waals surface area contributed by atoms with Gasteiger partial charge in [-0.25, -0.2) is 4.98 Å². The Morgan fingerprint density at radius 2 is 2.00 bits per heavy atom. The summed E-state index contributed by atoms with van der Waals surface area (Å²) in [6.07, 6.45) is 1.62. The van der Waals surface area contributed by atoms with E-state index in [1.165, 1.54) is 10.3 Å². The first-order chi connectivity index (χ1) is 12.1. The lowest BCUT2D eigenvalue weighted by Gasteiger charge is -2.04. The third-order valence-corrected chi connectivity index (χ3v) is 5.64. The summed E-state index contributed by atoms with van der Waals surface area (Å²) in [6, 6.07) is 14.0. The van der Waals surface area contributed by atoms with Crippen LogP contribution in [0.5, 0.6) is 0 Å². The summed E-state index contributed by atoms with van der Waals surface area (Å²) in [5.41, 5.74) is 4.47. The summed E-state index contributed by atoms with van der Waals surface area (Å²) in [5.74, 6) is -0.204. The van der Waals surface area contributed by atoms with Crippen LogP contribution in [0.2, 0.25) is 0 Å². The average Bonchev–Trinajstić information content (AvgIpc) is 3.21. The molecular weight excluding hydrogens is 447 g/mol. The molecule has 4 aromatic rings. The molecule has 25 heavy (non-hydrogen) atoms. The van der Waals surface area contributed by atoms with Crippen molar-refractivity contribution < 1.29 is 4.79 Å². The van der Waals surface area contributed by atoms with Crippen molar-refractivity contribution in [3.63, 3.8) is 0 Å². The number of aromatic amines is 1. The number of benzene rings is 2. The van der Waals surface area contributed by atoms with Crippen molar-refractivity contribution in [2.45, 2.75) is 6.92 Å². The van der Waals surface area contributed by atoms with E-state index in [1.807, 2.05) is 30.3 Å². The maximum Gasteiger partial charge on any atom is 0.274 e. The number of carbonyl (C=O) groups excluding carboxylic acids is 1. The summed E-state index contributed by atoms with van der Waals surface area (Å²) in [7, 11) is 0. The Morgan fingerprint density at radius 3 is 2.72 bits per heavy atom. The molecule has 2 aromatic carbocycles. The van der Waals surface area contributed by atoms with E-state index >= 15 is 0 Å². The fraction of sp³-hybridized carbons (Fsp3) is 0.0556. The minimum atomic E-state index is -0.204. The highest BCUT2D eigenvalue weighted by Crippen LogP contribution is 2.31. The molecular formula is C18H13IN4OS. The molecule has 0 fully saturated rings. The van der Waals surface area contributed by atoms with Crippen LogP contribution in [0.3, 0.4) is 0 Å². The zero-order valence-electron chi connectivity index (χ0n) is 13.2. The summed E-state index contributed by atoms with van der Waals surface area (Å²) < 4.78 is 1.97. The second-order valence-corrected chi connectivity index (χ2v) is 7.81. The first kappa shape index (κ1) is 16.2. The van der Waals surface area contributed by atoms with Gasteiger partial charge in [-0.15, -0.1) is 11.3 Å². The number of amides is 1. The smallest absolute Gasteiger partial charge is 0.274 e. The maximum atomic E-state index is 12.2. The van der Waals surface area contributed by atoms with Crippen molar-refractivity contribution in [2.75, 3.05) is 5.32 Å². The number of hydrogen-bond acceptors (Lipinski definition) is 4. The second kappa shape index (κ2) is 6.57. The number of rotatable bonds is 3. The van der Waals surface area contributed by atoms with E-state index in [-0.39, 0.29) is 5.91 Å². The molecule has 0 spiro atoms. The highest BCUT2D eigenvalue weighted by Gasteiger charge is 2.12. The summed E-state index contributed by atoms with van der Waals surface area (Å²) in [5, 5.41) is 10.4. The SMILES string of the molecule is Cc1ccc2nc(-c3ccc(NC(=O)c4[nH]ncc4I)cc3)sc2c1. The molecule has 4 rings (SSSR count). The summed E-state index contributed by atoms with van der Waals surface area (Å²) in [4.78, 5) is 16.9. The fourth-order valence-corrected chi connectivity index (χ4v) is 4.05. The number of thiazole rings is 1. The minimum absolute atomic E-state index is 0.204. The van der Waals surface area contributed by atoms with Gasteiger partial charge in [-0.1, -0.05) is 6.07 Å². The lowest BCUT2D eigenvalue weighted by atomic mass is 10.2. The first-order valence-corrected chi connectivity index (χ1v) is 9.47. The van der Waals surface area contributed by atoms with Crippen LogP contribution >= 0.6 is 33.9 Å². The van der Waals surface area contributed by atoms with Crippen LogP contribution in [0.1, 0.15) is 16.1 Å².